The second-order valence-electron chi connectivity index (χ2n) is 7.32. The maximum atomic E-state index is 10.2. The van der Waals surface area contributed by atoms with Gasteiger partial charge in [-0.25, -0.2) is 4.98 Å². The van der Waals surface area contributed by atoms with Gasteiger partial charge in [0.15, 0.2) is 11.6 Å². The van der Waals surface area contributed by atoms with Gasteiger partial charge in [0.05, 0.1) is 6.10 Å². The lowest BCUT2D eigenvalue weighted by Gasteiger charge is -2.24. The van der Waals surface area contributed by atoms with Crippen LogP contribution in [0.4, 0.5) is 5.82 Å². The molecule has 0 radical (unpaired) electrons. The molecule has 3 rings (SSSR count). The highest BCUT2D eigenvalue weighted by atomic mass is 16.5. The van der Waals surface area contributed by atoms with Crippen molar-refractivity contribution in [3.8, 4) is 5.75 Å². The highest BCUT2D eigenvalue weighted by Crippen LogP contribution is 2.30. The van der Waals surface area contributed by atoms with Gasteiger partial charge in [-0.05, 0) is 45.0 Å². The first-order valence-electron chi connectivity index (χ1n) is 9.61. The quantitative estimate of drug-likeness (QED) is 0.767. The number of hydrogen-bond donors (Lipinski definition) is 1. The topological polar surface area (TPSA) is 52.1 Å². The molecular weight excluding hydrogens is 316 g/mol. The minimum atomic E-state index is -0.303. The Kier molecular flexibility index (Phi) is 6.51. The third kappa shape index (κ3) is 5.06. The van der Waals surface area contributed by atoms with Gasteiger partial charge in [-0.15, -0.1) is 0 Å². The first kappa shape index (κ1) is 18.4. The summed E-state index contributed by atoms with van der Waals surface area (Å²) in [4.78, 5) is 11.3. The van der Waals surface area contributed by atoms with Crippen molar-refractivity contribution in [2.24, 2.45) is 0 Å². The van der Waals surface area contributed by atoms with Crippen molar-refractivity contribution in [2.45, 2.75) is 38.4 Å². The van der Waals surface area contributed by atoms with E-state index in [1.807, 2.05) is 25.4 Å². The summed E-state index contributed by atoms with van der Waals surface area (Å²) in [5.41, 5.74) is 0. The van der Waals surface area contributed by atoms with Crippen molar-refractivity contribution < 1.29 is 9.84 Å². The summed E-state index contributed by atoms with van der Waals surface area (Å²) in [6, 6.07) is 3.99. The molecule has 0 aliphatic carbocycles. The predicted molar refractivity (Wildman–Crippen MR) is 100 cm³/mol. The zero-order valence-electron chi connectivity index (χ0n) is 15.6. The van der Waals surface area contributed by atoms with E-state index >= 15 is 0 Å². The fourth-order valence-electron chi connectivity index (χ4n) is 3.72. The average Bonchev–Trinajstić information content (AvgIpc) is 3.27. The number of rotatable bonds is 8. The van der Waals surface area contributed by atoms with Gasteiger partial charge in [0.25, 0.3) is 0 Å². The molecule has 140 valence electrons. The highest BCUT2D eigenvalue weighted by Gasteiger charge is 2.27. The summed E-state index contributed by atoms with van der Waals surface area (Å²) in [5.74, 6) is 1.89. The SMILES string of the molecule is CCN(C)C[C@@H](O)CN1CC[C@@H](Oc2cccnc2N2CCCC2)C1. The molecule has 0 saturated carbocycles. The molecule has 2 atom stereocenters. The molecule has 25 heavy (non-hydrogen) atoms. The van der Waals surface area contributed by atoms with Crippen molar-refractivity contribution in [1.29, 1.82) is 0 Å². The van der Waals surface area contributed by atoms with Gasteiger partial charge in [-0.3, -0.25) is 4.90 Å². The van der Waals surface area contributed by atoms with Gasteiger partial charge >= 0.3 is 0 Å². The number of β-amino-alcohol motifs (C(OH)–C–C–N with tert-alkyl or cyclic N) is 1. The molecule has 3 heterocycles. The Morgan fingerprint density at radius 3 is 2.92 bits per heavy atom. The normalized spacial score (nSPS) is 22.7. The van der Waals surface area contributed by atoms with Crippen LogP contribution >= 0.6 is 0 Å². The number of hydrogen-bond acceptors (Lipinski definition) is 6. The van der Waals surface area contributed by atoms with E-state index in [1.165, 1.54) is 12.8 Å². The summed E-state index contributed by atoms with van der Waals surface area (Å²) in [7, 11) is 2.04. The first-order chi connectivity index (χ1) is 12.2. The van der Waals surface area contributed by atoms with Crippen molar-refractivity contribution in [3.63, 3.8) is 0 Å². The van der Waals surface area contributed by atoms with Crippen LogP contribution in [0, 0.1) is 0 Å². The van der Waals surface area contributed by atoms with Crippen LogP contribution in [0.2, 0.25) is 0 Å². The Morgan fingerprint density at radius 2 is 2.16 bits per heavy atom. The van der Waals surface area contributed by atoms with Gasteiger partial charge < -0.3 is 19.6 Å². The molecule has 2 aliphatic heterocycles. The number of pyridine rings is 1. The Bertz CT molecular complexity index is 536. The minimum Gasteiger partial charge on any atom is -0.485 e. The highest BCUT2D eigenvalue weighted by molar-refractivity contribution is 5.52. The molecule has 6 heteroatoms. The monoisotopic (exact) mass is 348 g/mol. The van der Waals surface area contributed by atoms with E-state index < -0.39 is 0 Å². The van der Waals surface area contributed by atoms with E-state index in [0.717, 1.165) is 63.8 Å². The zero-order chi connectivity index (χ0) is 17.6. The molecule has 0 unspecified atom stereocenters. The van der Waals surface area contributed by atoms with Crippen LogP contribution in [0.15, 0.2) is 18.3 Å². The second-order valence-corrected chi connectivity index (χ2v) is 7.32. The summed E-state index contributed by atoms with van der Waals surface area (Å²) in [6.45, 7) is 8.51. The van der Waals surface area contributed by atoms with Crippen LogP contribution in [0.25, 0.3) is 0 Å². The van der Waals surface area contributed by atoms with Crippen LogP contribution in [0.3, 0.4) is 0 Å². The molecule has 6 nitrogen and oxygen atoms in total. The summed E-state index contributed by atoms with van der Waals surface area (Å²) in [5, 5.41) is 10.2. The summed E-state index contributed by atoms with van der Waals surface area (Å²) in [6.07, 6.45) is 5.20. The smallest absolute Gasteiger partial charge is 0.171 e. The Balaban J connectivity index is 1.52. The van der Waals surface area contributed by atoms with Gasteiger partial charge in [0.2, 0.25) is 0 Å². The Labute approximate surface area is 151 Å². The molecule has 2 aliphatic rings. The molecule has 1 N–H and O–H groups in total. The van der Waals surface area contributed by atoms with Crippen molar-refractivity contribution in [3.05, 3.63) is 18.3 Å². The molecule has 0 aromatic carbocycles. The molecule has 0 spiro atoms. The van der Waals surface area contributed by atoms with Crippen molar-refractivity contribution in [2.75, 3.05) is 57.8 Å². The van der Waals surface area contributed by atoms with Crippen molar-refractivity contribution >= 4 is 5.82 Å². The Morgan fingerprint density at radius 1 is 1.36 bits per heavy atom. The molecule has 1 aromatic rings. The minimum absolute atomic E-state index is 0.182. The third-order valence-electron chi connectivity index (χ3n) is 5.21. The number of aliphatic hydroxyl groups is 1. The van der Waals surface area contributed by atoms with Gasteiger partial charge in [0, 0.05) is 45.5 Å². The molecular formula is C19H32N4O2. The van der Waals surface area contributed by atoms with E-state index in [4.69, 9.17) is 4.74 Å². The van der Waals surface area contributed by atoms with Crippen LogP contribution in [-0.2, 0) is 0 Å². The Hall–Kier alpha value is -1.37. The molecule has 0 bridgehead atoms. The number of ether oxygens (including phenoxy) is 1. The van der Waals surface area contributed by atoms with Gasteiger partial charge in [-0.2, -0.15) is 0 Å². The summed E-state index contributed by atoms with van der Waals surface area (Å²) >= 11 is 0. The van der Waals surface area contributed by atoms with E-state index in [1.54, 1.807) is 0 Å². The second kappa shape index (κ2) is 8.83. The van der Waals surface area contributed by atoms with Crippen molar-refractivity contribution in [1.82, 2.24) is 14.8 Å². The largest absolute Gasteiger partial charge is 0.485 e. The number of nitrogens with zero attached hydrogens (tertiary/aromatic N) is 4. The average molecular weight is 348 g/mol. The van der Waals surface area contributed by atoms with E-state index in [2.05, 4.69) is 26.6 Å². The standard InChI is InChI=1S/C19H32N4O2/c1-3-21(2)13-16(24)14-22-12-8-17(15-22)25-18-7-6-9-20-19(18)23-10-4-5-11-23/h6-7,9,16-17,24H,3-5,8,10-15H2,1-2H3/t16-,17-/m1/s1. The lowest BCUT2D eigenvalue weighted by atomic mass is 10.3. The summed E-state index contributed by atoms with van der Waals surface area (Å²) < 4.78 is 6.30. The maximum absolute atomic E-state index is 10.2. The van der Waals surface area contributed by atoms with Gasteiger partial charge in [-0.1, -0.05) is 6.92 Å². The maximum Gasteiger partial charge on any atom is 0.171 e. The predicted octanol–water partition coefficient (Wildman–Crippen LogP) is 1.45. The van der Waals surface area contributed by atoms with Gasteiger partial charge in [0.1, 0.15) is 6.10 Å². The number of aliphatic hydroxyl groups excluding tert-OH is 1. The molecule has 1 aromatic heterocycles. The van der Waals surface area contributed by atoms with Crippen LogP contribution < -0.4 is 9.64 Å². The number of aromatic nitrogens is 1. The molecule has 2 saturated heterocycles. The van der Waals surface area contributed by atoms with Crippen LogP contribution in [0.5, 0.6) is 5.75 Å². The number of likely N-dealkylation sites (N-methyl/N-ethyl adjacent to an activating group) is 1. The third-order valence-corrected chi connectivity index (χ3v) is 5.21. The van der Waals surface area contributed by atoms with E-state index in [9.17, 15) is 5.11 Å². The first-order valence-corrected chi connectivity index (χ1v) is 9.61. The van der Waals surface area contributed by atoms with Crippen LogP contribution in [-0.4, -0.2) is 85.0 Å². The fraction of sp³-hybridized carbons (Fsp3) is 0.737. The number of likely N-dealkylation sites (tertiary alicyclic amines) is 1. The van der Waals surface area contributed by atoms with Crippen LogP contribution in [0.1, 0.15) is 26.2 Å². The van der Waals surface area contributed by atoms with E-state index in [-0.39, 0.29) is 12.2 Å². The molecule has 2 fully saturated rings. The molecule has 0 amide bonds. The lowest BCUT2D eigenvalue weighted by molar-refractivity contribution is 0.0873. The zero-order valence-corrected chi connectivity index (χ0v) is 15.6. The van der Waals surface area contributed by atoms with E-state index in [0.29, 0.717) is 0 Å². The lowest BCUT2D eigenvalue weighted by Crippen LogP contribution is -2.38. The number of anilines is 1. The fourth-order valence-corrected chi connectivity index (χ4v) is 3.72.